The lowest BCUT2D eigenvalue weighted by Crippen LogP contribution is -2.68. The molecule has 11 nitrogen and oxygen atoms in total. The van der Waals surface area contributed by atoms with Gasteiger partial charge >= 0.3 is 0 Å². The lowest BCUT2D eigenvalue weighted by Gasteiger charge is -2.51. The molecule has 208 valence electrons. The summed E-state index contributed by atoms with van der Waals surface area (Å²) in [6.07, 6.45) is -0.0146. The minimum absolute atomic E-state index is 0.00667. The number of aromatic nitrogens is 5. The minimum atomic E-state index is -1.92. The molecule has 5 atom stereocenters. The van der Waals surface area contributed by atoms with Crippen molar-refractivity contribution in [3.8, 4) is 22.5 Å². The molecule has 0 aliphatic carbocycles. The normalized spacial score (nSPS) is 24.6. The van der Waals surface area contributed by atoms with Crippen molar-refractivity contribution in [1.29, 1.82) is 5.26 Å². The first-order valence-corrected chi connectivity index (χ1v) is 13.3. The van der Waals surface area contributed by atoms with Crippen molar-refractivity contribution >= 4 is 35.6 Å². The van der Waals surface area contributed by atoms with Gasteiger partial charge in [-0.2, -0.15) is 5.26 Å². The molecule has 1 aromatic carbocycles. The Hall–Kier alpha value is -3.23. The zero-order valence-electron chi connectivity index (χ0n) is 20.1. The van der Waals surface area contributed by atoms with Gasteiger partial charge in [0.1, 0.15) is 51.8 Å². The largest absolute Gasteiger partial charge is 0.503 e. The number of nitrogens with zero attached hydrogens (tertiary/aromatic N) is 6. The molecule has 3 N–H and O–H groups in total. The predicted molar refractivity (Wildman–Crippen MR) is 140 cm³/mol. The first kappa shape index (κ1) is 28.3. The quantitative estimate of drug-likeness (QED) is 0.230. The molecular weight excluding hydrogens is 590 g/mol. The molecule has 0 radical (unpaired) electrons. The monoisotopic (exact) mass is 608 g/mol. The standard InChI is InChI=1S/C24H19ClF2N6O5S2/c25-12-5-13(16(6-28)30-7-12)24(33-8-17(31-32-33)22-29-1-2-40-22)20(36)18(9-34)38-23(39)21(24)37-10-11-3-14(26)19(35)15(27)4-11/h1-5,7-8,18,20-21,23,34-36,39H,9-10H2/t18-,20+,21+,23-,24+/m0/s1. The molecule has 3 aromatic heterocycles. The van der Waals surface area contributed by atoms with E-state index in [1.807, 2.05) is 6.07 Å². The SMILES string of the molecule is N#Cc1ncc(Cl)cc1[C@@]1(n2cc(-c3nccs3)nn2)[C@H](O)[C@H](CO)O[C@@H](S)[C@H]1OCc1cc(F)c(O)c(F)c1. The van der Waals surface area contributed by atoms with Crippen molar-refractivity contribution in [2.45, 2.75) is 35.9 Å². The van der Waals surface area contributed by atoms with Crippen LogP contribution in [0.4, 0.5) is 8.78 Å². The summed E-state index contributed by atoms with van der Waals surface area (Å²) in [5, 5.41) is 52.1. The Morgan fingerprint density at radius 1 is 1.27 bits per heavy atom. The number of thiol groups is 1. The van der Waals surface area contributed by atoms with Crippen molar-refractivity contribution in [3.05, 3.63) is 75.6 Å². The highest BCUT2D eigenvalue weighted by Gasteiger charge is 2.60. The number of aromatic hydroxyl groups is 1. The third-order valence-corrected chi connectivity index (χ3v) is 7.81. The van der Waals surface area contributed by atoms with E-state index in [1.165, 1.54) is 34.5 Å². The van der Waals surface area contributed by atoms with Crippen LogP contribution in [0.15, 0.2) is 42.2 Å². The number of benzene rings is 1. The van der Waals surface area contributed by atoms with Crippen LogP contribution in [0.3, 0.4) is 0 Å². The van der Waals surface area contributed by atoms with Gasteiger partial charge in [-0.25, -0.2) is 23.4 Å². The number of aliphatic hydroxyl groups excluding tert-OH is 2. The summed E-state index contributed by atoms with van der Waals surface area (Å²) >= 11 is 12.1. The fourth-order valence-corrected chi connectivity index (χ4v) is 5.88. The second-order valence-electron chi connectivity index (χ2n) is 8.70. The summed E-state index contributed by atoms with van der Waals surface area (Å²) in [6.45, 7) is -1.12. The average Bonchev–Trinajstić information content (AvgIpc) is 3.65. The maximum Gasteiger partial charge on any atom is 0.187 e. The number of thiazole rings is 1. The number of phenolic OH excluding ortho intramolecular Hbond substituents is 1. The van der Waals surface area contributed by atoms with Gasteiger partial charge in [0, 0.05) is 23.3 Å². The van der Waals surface area contributed by atoms with Gasteiger partial charge in [0.15, 0.2) is 17.4 Å². The number of aliphatic hydroxyl groups is 2. The summed E-state index contributed by atoms with van der Waals surface area (Å²) in [5.41, 5.74) is -2.93. The smallest absolute Gasteiger partial charge is 0.187 e. The van der Waals surface area contributed by atoms with E-state index >= 15 is 0 Å². The van der Waals surface area contributed by atoms with E-state index in [0.717, 1.165) is 12.1 Å². The third-order valence-electron chi connectivity index (χ3n) is 6.41. The minimum Gasteiger partial charge on any atom is -0.503 e. The van der Waals surface area contributed by atoms with E-state index < -0.39 is 59.9 Å². The van der Waals surface area contributed by atoms with Gasteiger partial charge in [-0.15, -0.1) is 29.1 Å². The Morgan fingerprint density at radius 2 is 2.02 bits per heavy atom. The maximum absolute atomic E-state index is 14.1. The van der Waals surface area contributed by atoms with Crippen molar-refractivity contribution in [1.82, 2.24) is 25.0 Å². The van der Waals surface area contributed by atoms with Crippen LogP contribution in [-0.2, 0) is 21.6 Å². The zero-order chi connectivity index (χ0) is 28.6. The van der Waals surface area contributed by atoms with E-state index in [-0.39, 0.29) is 21.8 Å². The highest BCUT2D eigenvalue weighted by molar-refractivity contribution is 7.80. The van der Waals surface area contributed by atoms with Crippen LogP contribution in [0, 0.1) is 23.0 Å². The molecule has 0 saturated carbocycles. The van der Waals surface area contributed by atoms with Gasteiger partial charge in [-0.3, -0.25) is 0 Å². The molecule has 1 aliphatic heterocycles. The van der Waals surface area contributed by atoms with Crippen molar-refractivity contribution in [2.75, 3.05) is 6.61 Å². The summed E-state index contributed by atoms with van der Waals surface area (Å²) in [4.78, 5) is 8.33. The first-order valence-electron chi connectivity index (χ1n) is 11.5. The highest BCUT2D eigenvalue weighted by Crippen LogP contribution is 2.46. The lowest BCUT2D eigenvalue weighted by molar-refractivity contribution is -0.222. The van der Waals surface area contributed by atoms with E-state index in [2.05, 4.69) is 32.9 Å². The molecule has 4 heterocycles. The molecule has 4 aromatic rings. The predicted octanol–water partition coefficient (Wildman–Crippen LogP) is 2.64. The van der Waals surface area contributed by atoms with Gasteiger partial charge in [0.25, 0.3) is 0 Å². The van der Waals surface area contributed by atoms with E-state index in [1.54, 1.807) is 11.6 Å². The summed E-state index contributed by atoms with van der Waals surface area (Å²) in [6, 6.07) is 5.11. The van der Waals surface area contributed by atoms with Gasteiger partial charge in [-0.05, 0) is 23.8 Å². The molecule has 0 bridgehead atoms. The van der Waals surface area contributed by atoms with Gasteiger partial charge < -0.3 is 24.8 Å². The number of halogens is 3. The van der Waals surface area contributed by atoms with Crippen LogP contribution in [0.1, 0.15) is 16.8 Å². The van der Waals surface area contributed by atoms with E-state index in [0.29, 0.717) is 10.7 Å². The van der Waals surface area contributed by atoms with Crippen LogP contribution in [-0.4, -0.2) is 70.6 Å². The Kier molecular flexibility index (Phi) is 8.02. The second kappa shape index (κ2) is 11.3. The topological polar surface area (TPSA) is 159 Å². The van der Waals surface area contributed by atoms with Gasteiger partial charge in [-0.1, -0.05) is 16.8 Å². The Morgan fingerprint density at radius 3 is 2.67 bits per heavy atom. The molecule has 16 heteroatoms. The first-order chi connectivity index (χ1) is 19.2. The summed E-state index contributed by atoms with van der Waals surface area (Å²) in [7, 11) is 0. The van der Waals surface area contributed by atoms with Gasteiger partial charge in [0.2, 0.25) is 0 Å². The molecule has 1 fully saturated rings. The highest BCUT2D eigenvalue weighted by atomic mass is 35.5. The molecule has 1 aliphatic rings. The number of rotatable bonds is 7. The molecule has 0 unspecified atom stereocenters. The number of hydrogen-bond acceptors (Lipinski definition) is 12. The van der Waals surface area contributed by atoms with Crippen molar-refractivity contribution in [3.63, 3.8) is 0 Å². The van der Waals surface area contributed by atoms with E-state index in [4.69, 9.17) is 21.1 Å². The van der Waals surface area contributed by atoms with Crippen LogP contribution in [0.2, 0.25) is 5.02 Å². The number of ether oxygens (including phenoxy) is 2. The van der Waals surface area contributed by atoms with Crippen LogP contribution in [0.5, 0.6) is 5.75 Å². The lowest BCUT2D eigenvalue weighted by atomic mass is 9.74. The Labute approximate surface area is 239 Å². The maximum atomic E-state index is 14.1. The number of nitriles is 1. The molecule has 0 amide bonds. The molecule has 40 heavy (non-hydrogen) atoms. The average molecular weight is 609 g/mol. The Balaban J connectivity index is 1.72. The molecule has 5 rings (SSSR count). The number of hydrogen-bond donors (Lipinski definition) is 4. The van der Waals surface area contributed by atoms with Crippen molar-refractivity contribution in [2.24, 2.45) is 0 Å². The Bertz CT molecular complexity index is 1550. The fraction of sp³-hybridized carbons (Fsp3) is 0.292. The van der Waals surface area contributed by atoms with Gasteiger partial charge in [0.05, 0.1) is 24.4 Å². The van der Waals surface area contributed by atoms with Crippen LogP contribution >= 0.6 is 35.6 Å². The summed E-state index contributed by atoms with van der Waals surface area (Å²) < 4.78 is 41.2. The zero-order valence-corrected chi connectivity index (χ0v) is 22.6. The molecule has 0 spiro atoms. The summed E-state index contributed by atoms with van der Waals surface area (Å²) in [5.74, 6) is -3.56. The van der Waals surface area contributed by atoms with Crippen LogP contribution in [0.25, 0.3) is 10.7 Å². The van der Waals surface area contributed by atoms with Crippen LogP contribution < -0.4 is 0 Å². The second-order valence-corrected chi connectivity index (χ2v) is 10.5. The third kappa shape index (κ3) is 4.81. The molecule has 1 saturated heterocycles. The van der Waals surface area contributed by atoms with E-state index in [9.17, 15) is 29.4 Å². The van der Waals surface area contributed by atoms with Crippen molar-refractivity contribution < 1.29 is 33.6 Å². The number of phenols is 1. The number of pyridine rings is 1. The molecular formula is C24H19ClF2N6O5S2. The fourth-order valence-electron chi connectivity index (χ4n) is 4.66.